The number of hydrogen-bond donors (Lipinski definition) is 1. The summed E-state index contributed by atoms with van der Waals surface area (Å²) in [4.78, 5) is 11.3. The van der Waals surface area contributed by atoms with Gasteiger partial charge in [0.2, 0.25) is 5.91 Å². The van der Waals surface area contributed by atoms with E-state index in [4.69, 9.17) is 4.74 Å². The van der Waals surface area contributed by atoms with Crippen LogP contribution in [0, 0.1) is 0 Å². The quantitative estimate of drug-likeness (QED) is 0.865. The molecule has 4 heteroatoms. The molecule has 0 radical (unpaired) electrons. The van der Waals surface area contributed by atoms with Crippen LogP contribution in [-0.2, 0) is 4.79 Å². The second-order valence-electron chi connectivity index (χ2n) is 4.56. The van der Waals surface area contributed by atoms with Crippen molar-refractivity contribution in [1.29, 1.82) is 0 Å². The van der Waals surface area contributed by atoms with Crippen LogP contribution in [-0.4, -0.2) is 17.8 Å². The van der Waals surface area contributed by atoms with Crippen molar-refractivity contribution >= 4 is 27.5 Å². The topological polar surface area (TPSA) is 38.3 Å². The summed E-state index contributed by atoms with van der Waals surface area (Å²) in [6.07, 6.45) is 3.23. The molecular weight excluding hydrogens is 294 g/mol. The van der Waals surface area contributed by atoms with Crippen LogP contribution in [0.4, 0.5) is 5.69 Å². The van der Waals surface area contributed by atoms with Crippen LogP contribution in [0.15, 0.2) is 18.2 Å². The van der Waals surface area contributed by atoms with Gasteiger partial charge in [-0.05, 0) is 37.3 Å². The molecule has 0 bridgehead atoms. The number of benzene rings is 1. The predicted molar refractivity (Wildman–Crippen MR) is 76.6 cm³/mol. The first-order valence-corrected chi connectivity index (χ1v) is 7.43. The lowest BCUT2D eigenvalue weighted by molar-refractivity contribution is -0.114. The van der Waals surface area contributed by atoms with Crippen LogP contribution in [0.3, 0.4) is 0 Å². The summed E-state index contributed by atoms with van der Waals surface area (Å²) in [7, 11) is 0. The molecule has 1 N–H and O–H groups in total. The zero-order valence-corrected chi connectivity index (χ0v) is 12.1. The number of alkyl halides is 1. The number of anilines is 1. The molecule has 1 aromatic carbocycles. The second-order valence-corrected chi connectivity index (χ2v) is 5.36. The van der Waals surface area contributed by atoms with E-state index < -0.39 is 0 Å². The van der Waals surface area contributed by atoms with Gasteiger partial charge in [-0.1, -0.05) is 22.0 Å². The number of carbonyl (C=O) groups excluding carboxylic acids is 1. The van der Waals surface area contributed by atoms with Crippen molar-refractivity contribution in [2.24, 2.45) is 0 Å². The first kappa shape index (κ1) is 13.4. The summed E-state index contributed by atoms with van der Waals surface area (Å²) in [5.74, 6) is 1.33. The zero-order valence-electron chi connectivity index (χ0n) is 10.5. The third-order valence-corrected chi connectivity index (χ3v) is 3.65. The van der Waals surface area contributed by atoms with Crippen LogP contribution in [0.1, 0.15) is 37.7 Å². The fraction of sp³-hybridized carbons (Fsp3) is 0.500. The van der Waals surface area contributed by atoms with Gasteiger partial charge < -0.3 is 10.1 Å². The second kappa shape index (κ2) is 6.23. The largest absolute Gasteiger partial charge is 0.493 e. The lowest BCUT2D eigenvalue weighted by Crippen LogP contribution is -2.10. The maximum Gasteiger partial charge on any atom is 0.221 e. The van der Waals surface area contributed by atoms with E-state index in [2.05, 4.69) is 21.2 Å². The standard InChI is InChI=1S/C14H18BrNO2/c1-10(17)16-12-5-2-6-13-14(12)11(7-8-15)4-3-9-18-13/h2,5-6,11H,3-4,7-9H2,1H3,(H,16,17). The van der Waals surface area contributed by atoms with Crippen LogP contribution in [0.25, 0.3) is 0 Å². The molecule has 1 aromatic rings. The van der Waals surface area contributed by atoms with Gasteiger partial charge in [0.05, 0.1) is 6.61 Å². The van der Waals surface area contributed by atoms with E-state index in [-0.39, 0.29) is 5.91 Å². The van der Waals surface area contributed by atoms with E-state index in [9.17, 15) is 4.79 Å². The molecule has 0 aromatic heterocycles. The molecule has 18 heavy (non-hydrogen) atoms. The van der Waals surface area contributed by atoms with Crippen molar-refractivity contribution in [3.63, 3.8) is 0 Å². The highest BCUT2D eigenvalue weighted by Gasteiger charge is 2.22. The smallest absolute Gasteiger partial charge is 0.221 e. The van der Waals surface area contributed by atoms with Crippen LogP contribution >= 0.6 is 15.9 Å². The SMILES string of the molecule is CC(=O)Nc1cccc2c1C(CCBr)CCCO2. The summed E-state index contributed by atoms with van der Waals surface area (Å²) in [6.45, 7) is 2.30. The summed E-state index contributed by atoms with van der Waals surface area (Å²) >= 11 is 3.51. The van der Waals surface area contributed by atoms with Gasteiger partial charge in [0.25, 0.3) is 0 Å². The molecule has 0 spiro atoms. The van der Waals surface area contributed by atoms with E-state index in [0.717, 1.165) is 48.2 Å². The van der Waals surface area contributed by atoms with Crippen molar-refractivity contribution in [2.75, 3.05) is 17.3 Å². The summed E-state index contributed by atoms with van der Waals surface area (Å²) < 4.78 is 5.78. The Morgan fingerprint density at radius 1 is 1.56 bits per heavy atom. The van der Waals surface area contributed by atoms with Gasteiger partial charge >= 0.3 is 0 Å². The molecule has 0 saturated carbocycles. The van der Waals surface area contributed by atoms with Crippen molar-refractivity contribution in [3.05, 3.63) is 23.8 Å². The number of hydrogen-bond acceptors (Lipinski definition) is 2. The lowest BCUT2D eigenvalue weighted by Gasteiger charge is -2.19. The molecule has 1 atom stereocenters. The molecule has 0 saturated heterocycles. The Balaban J connectivity index is 2.40. The molecule has 1 amide bonds. The number of ether oxygens (including phenoxy) is 1. The highest BCUT2D eigenvalue weighted by molar-refractivity contribution is 9.09. The van der Waals surface area contributed by atoms with Crippen LogP contribution in [0.2, 0.25) is 0 Å². The normalized spacial score (nSPS) is 18.4. The summed E-state index contributed by atoms with van der Waals surface area (Å²) in [6, 6.07) is 5.88. The van der Waals surface area contributed by atoms with Gasteiger partial charge in [0.15, 0.2) is 0 Å². The molecule has 1 aliphatic heterocycles. The Bertz CT molecular complexity index is 434. The van der Waals surface area contributed by atoms with E-state index in [0.29, 0.717) is 5.92 Å². The monoisotopic (exact) mass is 311 g/mol. The Morgan fingerprint density at radius 3 is 3.11 bits per heavy atom. The highest BCUT2D eigenvalue weighted by atomic mass is 79.9. The number of fused-ring (bicyclic) bond motifs is 1. The number of halogens is 1. The van der Waals surface area contributed by atoms with Gasteiger partial charge in [0, 0.05) is 23.5 Å². The Labute approximate surface area is 116 Å². The predicted octanol–water partition coefficient (Wildman–Crippen LogP) is 3.69. The molecule has 3 nitrogen and oxygen atoms in total. The number of carbonyl (C=O) groups is 1. The van der Waals surface area contributed by atoms with E-state index in [1.54, 1.807) is 0 Å². The van der Waals surface area contributed by atoms with Gasteiger partial charge in [-0.15, -0.1) is 0 Å². The summed E-state index contributed by atoms with van der Waals surface area (Å²) in [5, 5.41) is 3.88. The maximum atomic E-state index is 11.3. The van der Waals surface area contributed by atoms with Crippen molar-refractivity contribution in [1.82, 2.24) is 0 Å². The van der Waals surface area contributed by atoms with Crippen molar-refractivity contribution in [3.8, 4) is 5.75 Å². The maximum absolute atomic E-state index is 11.3. The molecule has 1 aliphatic rings. The van der Waals surface area contributed by atoms with Gasteiger partial charge in [-0.2, -0.15) is 0 Å². The average molecular weight is 312 g/mol. The molecule has 0 aliphatic carbocycles. The number of amides is 1. The molecule has 0 fully saturated rings. The minimum Gasteiger partial charge on any atom is -0.493 e. The minimum atomic E-state index is -0.0368. The third kappa shape index (κ3) is 3.05. The molecule has 1 heterocycles. The molecule has 98 valence electrons. The Hall–Kier alpha value is -1.03. The Kier molecular flexibility index (Phi) is 4.64. The van der Waals surface area contributed by atoms with E-state index >= 15 is 0 Å². The highest BCUT2D eigenvalue weighted by Crippen LogP contribution is 2.40. The molecule has 2 rings (SSSR count). The first-order chi connectivity index (χ1) is 8.72. The van der Waals surface area contributed by atoms with Gasteiger partial charge in [0.1, 0.15) is 5.75 Å². The van der Waals surface area contributed by atoms with Crippen LogP contribution < -0.4 is 10.1 Å². The zero-order chi connectivity index (χ0) is 13.0. The van der Waals surface area contributed by atoms with E-state index in [1.807, 2.05) is 18.2 Å². The fourth-order valence-electron chi connectivity index (χ4n) is 2.47. The van der Waals surface area contributed by atoms with Crippen molar-refractivity contribution < 1.29 is 9.53 Å². The first-order valence-electron chi connectivity index (χ1n) is 6.31. The van der Waals surface area contributed by atoms with Crippen LogP contribution in [0.5, 0.6) is 5.75 Å². The van der Waals surface area contributed by atoms with Gasteiger partial charge in [-0.3, -0.25) is 4.79 Å². The lowest BCUT2D eigenvalue weighted by atomic mass is 9.90. The number of nitrogens with one attached hydrogen (secondary N) is 1. The average Bonchev–Trinajstić information content (AvgIpc) is 2.52. The Morgan fingerprint density at radius 2 is 2.39 bits per heavy atom. The molecule has 1 unspecified atom stereocenters. The molecular formula is C14H18BrNO2. The van der Waals surface area contributed by atoms with Gasteiger partial charge in [-0.25, -0.2) is 0 Å². The van der Waals surface area contributed by atoms with E-state index in [1.165, 1.54) is 6.92 Å². The third-order valence-electron chi connectivity index (χ3n) is 3.20. The minimum absolute atomic E-state index is 0.0368. The van der Waals surface area contributed by atoms with Crippen molar-refractivity contribution in [2.45, 2.75) is 32.1 Å². The summed E-state index contributed by atoms with van der Waals surface area (Å²) in [5.41, 5.74) is 2.05. The number of rotatable bonds is 3. The fourth-order valence-corrected chi connectivity index (χ4v) is 3.02.